The van der Waals surface area contributed by atoms with Crippen LogP contribution in [-0.2, 0) is 19.6 Å². The first kappa shape index (κ1) is 18.3. The summed E-state index contributed by atoms with van der Waals surface area (Å²) in [5.41, 5.74) is -0.318. The van der Waals surface area contributed by atoms with Crippen LogP contribution in [0.15, 0.2) is 0 Å². The van der Waals surface area contributed by atoms with Crippen molar-refractivity contribution < 1.29 is 17.9 Å². The lowest BCUT2D eigenvalue weighted by Crippen LogP contribution is -2.43. The molecule has 1 aliphatic rings. The molecule has 0 saturated carbocycles. The summed E-state index contributed by atoms with van der Waals surface area (Å²) in [5.74, 6) is 0. The number of rotatable bonds is 3. The number of ether oxygens (including phenoxy) is 1. The maximum absolute atomic E-state index is 11.1. The van der Waals surface area contributed by atoms with Crippen LogP contribution in [0.4, 0.5) is 0 Å². The fourth-order valence-corrected chi connectivity index (χ4v) is 2.34. The van der Waals surface area contributed by atoms with Gasteiger partial charge in [-0.15, -0.1) is 0 Å². The Morgan fingerprint density at radius 2 is 1.74 bits per heavy atom. The predicted molar refractivity (Wildman–Crippen MR) is 75.4 cm³/mol. The van der Waals surface area contributed by atoms with Gasteiger partial charge in [0.15, 0.2) is 0 Å². The average Bonchev–Trinajstić information content (AvgIpc) is 2.27. The Labute approximate surface area is 116 Å². The second-order valence-corrected chi connectivity index (χ2v) is 7.63. The SMILES string of the molecule is CC(C)(C)OC=O.CN(C1CCNCC1)S(C)(=O)=O. The number of carbonyl (C=O) groups is 1. The summed E-state index contributed by atoms with van der Waals surface area (Å²) in [6.07, 6.45) is 3.10. The Bertz CT molecular complexity index is 356. The van der Waals surface area contributed by atoms with E-state index in [9.17, 15) is 13.2 Å². The highest BCUT2D eigenvalue weighted by atomic mass is 32.2. The molecule has 0 unspecified atom stereocenters. The molecule has 0 spiro atoms. The molecule has 0 atom stereocenters. The lowest BCUT2D eigenvalue weighted by Gasteiger charge is -2.29. The van der Waals surface area contributed by atoms with Gasteiger partial charge in [0.1, 0.15) is 5.60 Å². The zero-order valence-electron chi connectivity index (χ0n) is 12.5. The van der Waals surface area contributed by atoms with Crippen LogP contribution in [-0.4, -0.2) is 57.2 Å². The zero-order valence-corrected chi connectivity index (χ0v) is 13.3. The van der Waals surface area contributed by atoms with Crippen LogP contribution in [0.1, 0.15) is 33.6 Å². The Kier molecular flexibility index (Phi) is 7.54. The highest BCUT2D eigenvalue weighted by Gasteiger charge is 2.23. The first-order chi connectivity index (χ1) is 8.58. The number of nitrogens with one attached hydrogen (secondary N) is 1. The molecule has 1 aliphatic heterocycles. The van der Waals surface area contributed by atoms with Crippen LogP contribution in [0.5, 0.6) is 0 Å². The Morgan fingerprint density at radius 1 is 1.26 bits per heavy atom. The number of nitrogens with zero attached hydrogens (tertiary/aromatic N) is 1. The number of hydrogen-bond donors (Lipinski definition) is 1. The monoisotopic (exact) mass is 294 g/mol. The molecule has 7 heteroatoms. The minimum atomic E-state index is -3.00. The highest BCUT2D eigenvalue weighted by molar-refractivity contribution is 7.88. The fraction of sp³-hybridized carbons (Fsp3) is 0.917. The van der Waals surface area contributed by atoms with Gasteiger partial charge in [0.05, 0.1) is 6.26 Å². The molecule has 1 fully saturated rings. The van der Waals surface area contributed by atoms with E-state index < -0.39 is 10.0 Å². The maximum Gasteiger partial charge on any atom is 0.293 e. The quantitative estimate of drug-likeness (QED) is 0.771. The van der Waals surface area contributed by atoms with Gasteiger partial charge in [-0.2, -0.15) is 0 Å². The van der Waals surface area contributed by atoms with Crippen LogP contribution < -0.4 is 5.32 Å². The third kappa shape index (κ3) is 8.96. The van der Waals surface area contributed by atoms with Gasteiger partial charge >= 0.3 is 0 Å². The summed E-state index contributed by atoms with van der Waals surface area (Å²) in [7, 11) is -1.34. The maximum atomic E-state index is 11.1. The molecule has 0 aromatic carbocycles. The van der Waals surface area contributed by atoms with Crippen molar-refractivity contribution >= 4 is 16.5 Å². The smallest absolute Gasteiger partial charge is 0.293 e. The average molecular weight is 294 g/mol. The molecular weight excluding hydrogens is 268 g/mol. The number of piperidine rings is 1. The van der Waals surface area contributed by atoms with Gasteiger partial charge in [-0.05, 0) is 46.7 Å². The molecule has 1 rings (SSSR count). The van der Waals surface area contributed by atoms with E-state index in [1.165, 1.54) is 10.6 Å². The summed E-state index contributed by atoms with van der Waals surface area (Å²) in [6, 6.07) is 0.196. The lowest BCUT2D eigenvalue weighted by molar-refractivity contribution is -0.138. The normalized spacial score (nSPS) is 17.6. The second-order valence-electron chi connectivity index (χ2n) is 5.59. The van der Waals surface area contributed by atoms with Crippen LogP contribution in [0.25, 0.3) is 0 Å². The molecule has 0 aliphatic carbocycles. The molecular formula is C12H26N2O4S. The van der Waals surface area contributed by atoms with Crippen molar-refractivity contribution in [3.05, 3.63) is 0 Å². The molecule has 0 aromatic rings. The Balaban J connectivity index is 0.000000399. The van der Waals surface area contributed by atoms with Gasteiger partial charge < -0.3 is 10.1 Å². The number of sulfonamides is 1. The van der Waals surface area contributed by atoms with Crippen molar-refractivity contribution in [2.45, 2.75) is 45.3 Å². The fourth-order valence-electron chi connectivity index (χ4n) is 1.59. The highest BCUT2D eigenvalue weighted by Crippen LogP contribution is 2.12. The van der Waals surface area contributed by atoms with E-state index in [-0.39, 0.29) is 11.6 Å². The molecule has 19 heavy (non-hydrogen) atoms. The van der Waals surface area contributed by atoms with E-state index in [2.05, 4.69) is 10.1 Å². The summed E-state index contributed by atoms with van der Waals surface area (Å²) >= 11 is 0. The van der Waals surface area contributed by atoms with E-state index >= 15 is 0 Å². The van der Waals surface area contributed by atoms with Gasteiger partial charge in [0.25, 0.3) is 6.47 Å². The van der Waals surface area contributed by atoms with Crippen LogP contribution >= 0.6 is 0 Å². The molecule has 0 bridgehead atoms. The molecule has 1 heterocycles. The molecule has 0 aromatic heterocycles. The van der Waals surface area contributed by atoms with Gasteiger partial charge in [0, 0.05) is 13.1 Å². The van der Waals surface area contributed by atoms with Crippen molar-refractivity contribution in [3.8, 4) is 0 Å². The summed E-state index contributed by atoms with van der Waals surface area (Å²) in [4.78, 5) is 9.60. The van der Waals surface area contributed by atoms with Crippen LogP contribution in [0.3, 0.4) is 0 Å². The van der Waals surface area contributed by atoms with Crippen molar-refractivity contribution in [2.75, 3.05) is 26.4 Å². The molecule has 0 amide bonds. The van der Waals surface area contributed by atoms with Crippen LogP contribution in [0.2, 0.25) is 0 Å². The summed E-state index contributed by atoms with van der Waals surface area (Å²) in [5, 5.41) is 3.20. The van der Waals surface area contributed by atoms with Gasteiger partial charge in [-0.3, -0.25) is 4.79 Å². The molecule has 6 nitrogen and oxygen atoms in total. The topological polar surface area (TPSA) is 75.7 Å². The summed E-state index contributed by atoms with van der Waals surface area (Å²) in [6.45, 7) is 7.76. The van der Waals surface area contributed by atoms with Gasteiger partial charge in [-0.25, -0.2) is 12.7 Å². The van der Waals surface area contributed by atoms with Crippen molar-refractivity contribution in [3.63, 3.8) is 0 Å². The van der Waals surface area contributed by atoms with Crippen molar-refractivity contribution in [2.24, 2.45) is 0 Å². The molecule has 114 valence electrons. The Hall–Kier alpha value is -0.660. The number of carbonyl (C=O) groups excluding carboxylic acids is 1. The predicted octanol–water partition coefficient (Wildman–Crippen LogP) is 0.588. The second kappa shape index (κ2) is 7.81. The first-order valence-electron chi connectivity index (χ1n) is 6.33. The zero-order chi connectivity index (χ0) is 15.1. The van der Waals surface area contributed by atoms with E-state index in [0.717, 1.165) is 25.9 Å². The van der Waals surface area contributed by atoms with Gasteiger partial charge in [-0.1, -0.05) is 0 Å². The van der Waals surface area contributed by atoms with Crippen molar-refractivity contribution in [1.29, 1.82) is 0 Å². The van der Waals surface area contributed by atoms with Crippen molar-refractivity contribution in [1.82, 2.24) is 9.62 Å². The minimum Gasteiger partial charge on any atom is -0.462 e. The largest absolute Gasteiger partial charge is 0.462 e. The van der Waals surface area contributed by atoms with E-state index in [1.807, 2.05) is 20.8 Å². The summed E-state index contributed by atoms with van der Waals surface area (Å²) < 4.78 is 28.3. The third-order valence-corrected chi connectivity index (χ3v) is 4.09. The van der Waals surface area contributed by atoms with E-state index in [1.54, 1.807) is 7.05 Å². The molecule has 0 radical (unpaired) electrons. The molecule has 1 N–H and O–H groups in total. The standard InChI is InChI=1S/C7H16N2O2S.C5H10O2/c1-9(12(2,10)11)7-3-5-8-6-4-7;1-5(2,3)7-4-6/h7-8H,3-6H2,1-2H3;4H,1-3H3. The van der Waals surface area contributed by atoms with Gasteiger partial charge in [0.2, 0.25) is 10.0 Å². The van der Waals surface area contributed by atoms with E-state index in [0.29, 0.717) is 6.47 Å². The Morgan fingerprint density at radius 3 is 2.00 bits per heavy atom. The van der Waals surface area contributed by atoms with Crippen LogP contribution in [0, 0.1) is 0 Å². The lowest BCUT2D eigenvalue weighted by atomic mass is 10.1. The third-order valence-electron chi connectivity index (χ3n) is 2.75. The number of hydrogen-bond acceptors (Lipinski definition) is 5. The minimum absolute atomic E-state index is 0.196. The molecule has 1 saturated heterocycles. The first-order valence-corrected chi connectivity index (χ1v) is 8.18. The van der Waals surface area contributed by atoms with E-state index in [4.69, 9.17) is 0 Å².